The number of aromatic nitrogens is 2. The van der Waals surface area contributed by atoms with E-state index in [1.165, 1.54) is 12.1 Å². The van der Waals surface area contributed by atoms with Crippen LogP contribution >= 0.6 is 0 Å². The fourth-order valence-corrected chi connectivity index (χ4v) is 2.68. The van der Waals surface area contributed by atoms with E-state index in [9.17, 15) is 13.6 Å². The molecule has 2 aromatic rings. The Kier molecular flexibility index (Phi) is 3.89. The Morgan fingerprint density at radius 3 is 2.95 bits per heavy atom. The SMILES string of the molecule is Cn1cc([C@@H]2CNCCN2C(=O)c2cccc(F)c2F)cn1. The van der Waals surface area contributed by atoms with Crippen molar-refractivity contribution < 1.29 is 13.6 Å². The van der Waals surface area contributed by atoms with Gasteiger partial charge in [0.05, 0.1) is 17.8 Å². The van der Waals surface area contributed by atoms with Crippen molar-refractivity contribution in [1.82, 2.24) is 20.0 Å². The van der Waals surface area contributed by atoms with Gasteiger partial charge in [0, 0.05) is 38.4 Å². The second-order valence-electron chi connectivity index (χ2n) is 5.27. The average molecular weight is 306 g/mol. The molecule has 1 aliphatic rings. The van der Waals surface area contributed by atoms with Gasteiger partial charge in [0.1, 0.15) is 0 Å². The van der Waals surface area contributed by atoms with Gasteiger partial charge in [0.25, 0.3) is 5.91 Å². The Morgan fingerprint density at radius 2 is 2.23 bits per heavy atom. The minimum Gasteiger partial charge on any atom is -0.329 e. The summed E-state index contributed by atoms with van der Waals surface area (Å²) in [6, 6.07) is 3.40. The van der Waals surface area contributed by atoms with Crippen molar-refractivity contribution in [2.45, 2.75) is 6.04 Å². The van der Waals surface area contributed by atoms with Crippen molar-refractivity contribution in [2.24, 2.45) is 7.05 Å². The predicted octanol–water partition coefficient (Wildman–Crippen LogP) is 1.48. The third kappa shape index (κ3) is 2.59. The van der Waals surface area contributed by atoms with E-state index in [1.807, 2.05) is 6.20 Å². The molecule has 7 heteroatoms. The summed E-state index contributed by atoms with van der Waals surface area (Å²) < 4.78 is 28.9. The molecule has 0 radical (unpaired) electrons. The zero-order valence-electron chi connectivity index (χ0n) is 12.1. The maximum Gasteiger partial charge on any atom is 0.257 e. The van der Waals surface area contributed by atoms with Gasteiger partial charge in [-0.1, -0.05) is 6.07 Å². The summed E-state index contributed by atoms with van der Waals surface area (Å²) in [6.45, 7) is 1.59. The molecule has 3 rings (SSSR count). The third-order valence-corrected chi connectivity index (χ3v) is 3.80. The summed E-state index contributed by atoms with van der Waals surface area (Å²) in [5.74, 6) is -2.62. The number of carbonyl (C=O) groups is 1. The highest BCUT2D eigenvalue weighted by Crippen LogP contribution is 2.25. The first-order chi connectivity index (χ1) is 10.6. The first kappa shape index (κ1) is 14.6. The topological polar surface area (TPSA) is 50.2 Å². The Labute approximate surface area is 126 Å². The van der Waals surface area contributed by atoms with Crippen LogP contribution in [0.15, 0.2) is 30.6 Å². The van der Waals surface area contributed by atoms with Crippen LogP contribution in [-0.2, 0) is 7.05 Å². The molecule has 1 amide bonds. The quantitative estimate of drug-likeness (QED) is 0.914. The minimum absolute atomic E-state index is 0.240. The zero-order valence-corrected chi connectivity index (χ0v) is 12.1. The highest BCUT2D eigenvalue weighted by atomic mass is 19.2. The Hall–Kier alpha value is -2.28. The van der Waals surface area contributed by atoms with Gasteiger partial charge in [-0.25, -0.2) is 8.78 Å². The van der Waals surface area contributed by atoms with E-state index in [4.69, 9.17) is 0 Å². The molecule has 0 unspecified atom stereocenters. The number of rotatable bonds is 2. The fourth-order valence-electron chi connectivity index (χ4n) is 2.68. The van der Waals surface area contributed by atoms with Crippen LogP contribution in [0.5, 0.6) is 0 Å². The molecule has 116 valence electrons. The van der Waals surface area contributed by atoms with Gasteiger partial charge in [-0.15, -0.1) is 0 Å². The van der Waals surface area contributed by atoms with Gasteiger partial charge in [-0.3, -0.25) is 9.48 Å². The van der Waals surface area contributed by atoms with Crippen molar-refractivity contribution in [3.05, 3.63) is 53.4 Å². The Balaban J connectivity index is 1.93. The standard InChI is InChI=1S/C15H16F2N4O/c1-20-9-10(7-19-20)13-8-18-5-6-21(13)15(22)11-3-2-4-12(16)14(11)17/h2-4,7,9,13,18H,5-6,8H2,1H3/t13-/m0/s1. The van der Waals surface area contributed by atoms with Crippen LogP contribution in [-0.4, -0.2) is 40.2 Å². The van der Waals surface area contributed by atoms with E-state index >= 15 is 0 Å². The van der Waals surface area contributed by atoms with E-state index in [-0.39, 0.29) is 11.6 Å². The molecule has 0 spiro atoms. The van der Waals surface area contributed by atoms with Crippen LogP contribution < -0.4 is 5.32 Å². The summed E-state index contributed by atoms with van der Waals surface area (Å²) in [5, 5.41) is 7.31. The van der Waals surface area contributed by atoms with Crippen LogP contribution in [0.1, 0.15) is 22.0 Å². The largest absolute Gasteiger partial charge is 0.329 e. The fraction of sp³-hybridized carbons (Fsp3) is 0.333. The number of amides is 1. The smallest absolute Gasteiger partial charge is 0.257 e. The van der Waals surface area contributed by atoms with Crippen molar-refractivity contribution in [2.75, 3.05) is 19.6 Å². The summed E-state index contributed by atoms with van der Waals surface area (Å²) in [6.07, 6.45) is 3.50. The lowest BCUT2D eigenvalue weighted by molar-refractivity contribution is 0.0628. The van der Waals surface area contributed by atoms with Crippen molar-refractivity contribution >= 4 is 5.91 Å². The Morgan fingerprint density at radius 1 is 1.41 bits per heavy atom. The van der Waals surface area contributed by atoms with E-state index in [0.717, 1.165) is 11.6 Å². The summed E-state index contributed by atoms with van der Waals surface area (Å²) in [4.78, 5) is 14.2. The lowest BCUT2D eigenvalue weighted by Crippen LogP contribution is -2.48. The highest BCUT2D eigenvalue weighted by molar-refractivity contribution is 5.94. The summed E-state index contributed by atoms with van der Waals surface area (Å²) >= 11 is 0. The molecule has 1 aromatic carbocycles. The molecule has 0 bridgehead atoms. The lowest BCUT2D eigenvalue weighted by atomic mass is 10.0. The number of halogens is 2. The molecule has 1 saturated heterocycles. The van der Waals surface area contributed by atoms with Gasteiger partial charge in [-0.2, -0.15) is 5.10 Å². The monoisotopic (exact) mass is 306 g/mol. The normalized spacial score (nSPS) is 18.5. The molecule has 22 heavy (non-hydrogen) atoms. The van der Waals surface area contributed by atoms with Crippen LogP contribution in [0.4, 0.5) is 8.78 Å². The number of hydrogen-bond acceptors (Lipinski definition) is 3. The van der Waals surface area contributed by atoms with Crippen LogP contribution in [0.3, 0.4) is 0 Å². The van der Waals surface area contributed by atoms with Crippen molar-refractivity contribution in [3.8, 4) is 0 Å². The molecule has 0 saturated carbocycles. The first-order valence-corrected chi connectivity index (χ1v) is 7.02. The molecular weight excluding hydrogens is 290 g/mol. The van der Waals surface area contributed by atoms with E-state index in [2.05, 4.69) is 10.4 Å². The molecule has 0 aliphatic carbocycles. The molecule has 2 heterocycles. The summed E-state index contributed by atoms with van der Waals surface area (Å²) in [7, 11) is 1.79. The van der Waals surface area contributed by atoms with Crippen molar-refractivity contribution in [1.29, 1.82) is 0 Å². The van der Waals surface area contributed by atoms with Gasteiger partial charge in [-0.05, 0) is 12.1 Å². The molecule has 1 aromatic heterocycles. The second kappa shape index (κ2) is 5.84. The minimum atomic E-state index is -1.10. The third-order valence-electron chi connectivity index (χ3n) is 3.80. The second-order valence-corrected chi connectivity index (χ2v) is 5.27. The highest BCUT2D eigenvalue weighted by Gasteiger charge is 2.31. The number of piperazine rings is 1. The average Bonchev–Trinajstić information content (AvgIpc) is 2.96. The van der Waals surface area contributed by atoms with Gasteiger partial charge < -0.3 is 10.2 Å². The van der Waals surface area contributed by atoms with Crippen molar-refractivity contribution in [3.63, 3.8) is 0 Å². The van der Waals surface area contributed by atoms with E-state index < -0.39 is 17.5 Å². The first-order valence-electron chi connectivity index (χ1n) is 7.02. The number of benzene rings is 1. The number of hydrogen-bond donors (Lipinski definition) is 1. The number of carbonyl (C=O) groups excluding carboxylic acids is 1. The van der Waals surface area contributed by atoms with Gasteiger partial charge >= 0.3 is 0 Å². The van der Waals surface area contributed by atoms with Crippen LogP contribution in [0.25, 0.3) is 0 Å². The zero-order chi connectivity index (χ0) is 15.7. The van der Waals surface area contributed by atoms with Gasteiger partial charge in [0.2, 0.25) is 0 Å². The predicted molar refractivity (Wildman–Crippen MR) is 76.2 cm³/mol. The molecular formula is C15H16F2N4O. The lowest BCUT2D eigenvalue weighted by Gasteiger charge is -2.36. The molecule has 1 fully saturated rings. The Bertz CT molecular complexity index is 701. The van der Waals surface area contributed by atoms with Gasteiger partial charge in [0.15, 0.2) is 11.6 Å². The van der Waals surface area contributed by atoms with E-state index in [1.54, 1.807) is 22.8 Å². The number of nitrogens with one attached hydrogen (secondary N) is 1. The van der Waals surface area contributed by atoms with E-state index in [0.29, 0.717) is 19.6 Å². The molecule has 5 nitrogen and oxygen atoms in total. The maximum atomic E-state index is 13.9. The molecule has 1 aliphatic heterocycles. The maximum absolute atomic E-state index is 13.9. The van der Waals surface area contributed by atoms with Crippen LogP contribution in [0.2, 0.25) is 0 Å². The summed E-state index contributed by atoms with van der Waals surface area (Å²) in [5.41, 5.74) is 0.621. The molecule has 1 N–H and O–H groups in total. The number of aryl methyl sites for hydroxylation is 1. The van der Waals surface area contributed by atoms with Crippen LogP contribution in [0, 0.1) is 11.6 Å². The molecule has 1 atom stereocenters. The number of nitrogens with zero attached hydrogens (tertiary/aromatic N) is 3.